The monoisotopic (exact) mass is 346 g/mol. The number of nitrogens with zero attached hydrogens (tertiary/aromatic N) is 1. The van der Waals surface area contributed by atoms with Crippen LogP contribution in [-0.2, 0) is 24.1 Å². The van der Waals surface area contributed by atoms with E-state index in [-0.39, 0.29) is 12.3 Å². The van der Waals surface area contributed by atoms with Gasteiger partial charge in [-0.2, -0.15) is 0 Å². The lowest BCUT2D eigenvalue weighted by Crippen LogP contribution is -2.16. The average Bonchev–Trinajstić information content (AvgIpc) is 3.31. The van der Waals surface area contributed by atoms with Gasteiger partial charge in [0.2, 0.25) is 5.91 Å². The molecular weight excluding hydrogens is 328 g/mol. The molecule has 0 saturated heterocycles. The fraction of sp³-hybridized carbons (Fsp3) is 0.238. The Morgan fingerprint density at radius 1 is 1.12 bits per heavy atom. The number of rotatable bonds is 3. The Balaban J connectivity index is 1.46. The van der Waals surface area contributed by atoms with E-state index in [2.05, 4.69) is 16.4 Å². The van der Waals surface area contributed by atoms with Gasteiger partial charge >= 0.3 is 0 Å². The van der Waals surface area contributed by atoms with Crippen LogP contribution < -0.4 is 14.8 Å². The Kier molecular flexibility index (Phi) is 3.52. The van der Waals surface area contributed by atoms with E-state index in [0.717, 1.165) is 57.6 Å². The smallest absolute Gasteiger partial charge is 0.229 e. The topological polar surface area (TPSA) is 60.5 Å². The summed E-state index contributed by atoms with van der Waals surface area (Å²) < 4.78 is 11.6. The third kappa shape index (κ3) is 2.47. The zero-order valence-electron chi connectivity index (χ0n) is 14.2. The minimum Gasteiger partial charge on any atom is -0.493 e. The van der Waals surface area contributed by atoms with Crippen LogP contribution in [0.25, 0.3) is 10.9 Å². The molecule has 26 heavy (non-hydrogen) atoms. The van der Waals surface area contributed by atoms with E-state index < -0.39 is 0 Å². The summed E-state index contributed by atoms with van der Waals surface area (Å²) in [6.45, 7) is 1.33. The number of carbonyl (C=O) groups is 1. The zero-order valence-corrected chi connectivity index (χ0v) is 14.2. The second-order valence-electron chi connectivity index (χ2n) is 6.62. The zero-order chi connectivity index (χ0) is 17.5. The minimum absolute atomic E-state index is 0.0684. The number of ether oxygens (including phenoxy) is 2. The van der Waals surface area contributed by atoms with Gasteiger partial charge in [0.05, 0.1) is 30.8 Å². The van der Waals surface area contributed by atoms with Crippen molar-refractivity contribution >= 4 is 22.5 Å². The van der Waals surface area contributed by atoms with Crippen molar-refractivity contribution in [2.24, 2.45) is 0 Å². The summed E-state index contributed by atoms with van der Waals surface area (Å²) in [5, 5.41) is 4.02. The standard InChI is InChI=1S/C21H18N2O3/c24-19(23-17-5-1-3-13-4-2-8-22-20(13)17)12-16-15-7-10-25-18(15)11-14-6-9-26-21(14)16/h1-5,8,11H,6-7,9-10,12H2,(H,23,24). The molecule has 0 saturated carbocycles. The van der Waals surface area contributed by atoms with Crippen molar-refractivity contribution in [2.75, 3.05) is 18.5 Å². The SMILES string of the molecule is O=C(Cc1c2c(cc3c1OCC3)OCC2)Nc1cccc2cccnc12. The molecule has 3 heterocycles. The Hall–Kier alpha value is -3.08. The van der Waals surface area contributed by atoms with Crippen molar-refractivity contribution in [1.29, 1.82) is 0 Å². The average molecular weight is 346 g/mol. The molecule has 0 bridgehead atoms. The molecule has 1 aromatic heterocycles. The summed E-state index contributed by atoms with van der Waals surface area (Å²) >= 11 is 0. The summed E-state index contributed by atoms with van der Waals surface area (Å²) in [5.74, 6) is 1.71. The Morgan fingerprint density at radius 2 is 2.00 bits per heavy atom. The van der Waals surface area contributed by atoms with Gasteiger partial charge in [-0.05, 0) is 18.2 Å². The molecule has 0 aliphatic carbocycles. The van der Waals surface area contributed by atoms with Crippen LogP contribution in [0, 0.1) is 0 Å². The first-order valence-electron chi connectivity index (χ1n) is 8.86. The summed E-state index contributed by atoms with van der Waals surface area (Å²) in [4.78, 5) is 17.2. The minimum atomic E-state index is -0.0684. The van der Waals surface area contributed by atoms with Crippen molar-refractivity contribution in [3.63, 3.8) is 0 Å². The molecule has 0 radical (unpaired) electrons. The van der Waals surface area contributed by atoms with Crippen LogP contribution >= 0.6 is 0 Å². The van der Waals surface area contributed by atoms with Gasteiger partial charge in [0.1, 0.15) is 11.5 Å². The highest BCUT2D eigenvalue weighted by atomic mass is 16.5. The summed E-state index contributed by atoms with van der Waals surface area (Å²) in [6, 6.07) is 11.7. The Labute approximate surface area is 151 Å². The molecule has 3 aromatic rings. The fourth-order valence-corrected chi connectivity index (χ4v) is 3.83. The van der Waals surface area contributed by atoms with Crippen LogP contribution in [0.1, 0.15) is 16.7 Å². The molecule has 130 valence electrons. The molecule has 5 heteroatoms. The highest BCUT2D eigenvalue weighted by Crippen LogP contribution is 2.40. The van der Waals surface area contributed by atoms with Crippen molar-refractivity contribution in [2.45, 2.75) is 19.3 Å². The van der Waals surface area contributed by atoms with Gasteiger partial charge in [-0.15, -0.1) is 0 Å². The van der Waals surface area contributed by atoms with Crippen molar-refractivity contribution < 1.29 is 14.3 Å². The van der Waals surface area contributed by atoms with Crippen LogP contribution in [0.15, 0.2) is 42.6 Å². The van der Waals surface area contributed by atoms with Crippen LogP contribution in [0.4, 0.5) is 5.69 Å². The predicted octanol–water partition coefficient (Wildman–Crippen LogP) is 3.29. The number of hydrogen-bond acceptors (Lipinski definition) is 4. The lowest BCUT2D eigenvalue weighted by molar-refractivity contribution is -0.115. The molecule has 2 aliphatic heterocycles. The van der Waals surface area contributed by atoms with Gasteiger partial charge in [-0.3, -0.25) is 9.78 Å². The van der Waals surface area contributed by atoms with Crippen LogP contribution in [-0.4, -0.2) is 24.1 Å². The van der Waals surface area contributed by atoms with Gasteiger partial charge < -0.3 is 14.8 Å². The largest absolute Gasteiger partial charge is 0.493 e. The van der Waals surface area contributed by atoms with Gasteiger partial charge in [-0.25, -0.2) is 0 Å². The van der Waals surface area contributed by atoms with E-state index in [1.165, 1.54) is 0 Å². The molecule has 1 N–H and O–H groups in total. The number of benzene rings is 2. The van der Waals surface area contributed by atoms with E-state index >= 15 is 0 Å². The van der Waals surface area contributed by atoms with Crippen LogP contribution in [0.5, 0.6) is 11.5 Å². The van der Waals surface area contributed by atoms with Crippen molar-refractivity contribution in [3.8, 4) is 11.5 Å². The lowest BCUT2D eigenvalue weighted by atomic mass is 9.97. The summed E-state index contributed by atoms with van der Waals surface area (Å²) in [6.07, 6.45) is 3.70. The lowest BCUT2D eigenvalue weighted by Gasteiger charge is -2.13. The van der Waals surface area contributed by atoms with Gasteiger partial charge in [0.25, 0.3) is 0 Å². The maximum Gasteiger partial charge on any atom is 0.229 e. The molecule has 5 rings (SSSR count). The fourth-order valence-electron chi connectivity index (χ4n) is 3.83. The van der Waals surface area contributed by atoms with Crippen LogP contribution in [0.2, 0.25) is 0 Å². The maximum absolute atomic E-state index is 12.8. The number of anilines is 1. The van der Waals surface area contributed by atoms with E-state index in [1.807, 2.05) is 30.3 Å². The molecule has 0 fully saturated rings. The number of aromatic nitrogens is 1. The molecule has 0 atom stereocenters. The number of pyridine rings is 1. The quantitative estimate of drug-likeness (QED) is 0.791. The molecule has 0 unspecified atom stereocenters. The number of nitrogens with one attached hydrogen (secondary N) is 1. The number of hydrogen-bond donors (Lipinski definition) is 1. The Bertz CT molecular complexity index is 992. The number of para-hydroxylation sites is 1. The van der Waals surface area contributed by atoms with E-state index in [4.69, 9.17) is 9.47 Å². The van der Waals surface area contributed by atoms with E-state index in [9.17, 15) is 4.79 Å². The number of amides is 1. The van der Waals surface area contributed by atoms with E-state index in [1.54, 1.807) is 6.20 Å². The van der Waals surface area contributed by atoms with Gasteiger partial charge in [0.15, 0.2) is 0 Å². The first kappa shape index (κ1) is 15.2. The van der Waals surface area contributed by atoms with E-state index in [0.29, 0.717) is 13.2 Å². The first-order valence-corrected chi connectivity index (χ1v) is 8.86. The van der Waals surface area contributed by atoms with Gasteiger partial charge in [-0.1, -0.05) is 18.2 Å². The molecule has 5 nitrogen and oxygen atoms in total. The third-order valence-electron chi connectivity index (χ3n) is 5.00. The van der Waals surface area contributed by atoms with Crippen molar-refractivity contribution in [3.05, 3.63) is 59.3 Å². The first-order chi connectivity index (χ1) is 12.8. The number of fused-ring (bicyclic) bond motifs is 3. The third-order valence-corrected chi connectivity index (χ3v) is 5.00. The summed E-state index contributed by atoms with van der Waals surface area (Å²) in [5.41, 5.74) is 4.75. The van der Waals surface area contributed by atoms with Crippen molar-refractivity contribution in [1.82, 2.24) is 4.98 Å². The molecule has 0 spiro atoms. The molecule has 2 aromatic carbocycles. The molecule has 2 aliphatic rings. The highest BCUT2D eigenvalue weighted by molar-refractivity contribution is 6.01. The van der Waals surface area contributed by atoms with Crippen LogP contribution in [0.3, 0.4) is 0 Å². The second-order valence-corrected chi connectivity index (χ2v) is 6.62. The highest BCUT2D eigenvalue weighted by Gasteiger charge is 2.27. The Morgan fingerprint density at radius 3 is 2.96 bits per heavy atom. The van der Waals surface area contributed by atoms with Gasteiger partial charge in [0, 0.05) is 41.1 Å². The number of carbonyl (C=O) groups excluding carboxylic acids is 1. The second kappa shape index (κ2) is 6.02. The molecular formula is C21H18N2O3. The summed E-state index contributed by atoms with van der Waals surface area (Å²) in [7, 11) is 0. The molecule has 1 amide bonds. The normalized spacial score (nSPS) is 14.5. The predicted molar refractivity (Wildman–Crippen MR) is 98.9 cm³/mol. The maximum atomic E-state index is 12.8.